The molecule has 2 N–H and O–H groups in total. The molecule has 1 aliphatic carbocycles. The van der Waals surface area contributed by atoms with Gasteiger partial charge in [-0.3, -0.25) is 18.5 Å². The van der Waals surface area contributed by atoms with E-state index in [1.165, 1.54) is 11.4 Å². The van der Waals surface area contributed by atoms with E-state index < -0.39 is 17.2 Å². The molecule has 0 aliphatic heterocycles. The number of amides is 1. The average Bonchev–Trinajstić information content (AvgIpc) is 2.39. The van der Waals surface area contributed by atoms with E-state index in [1.807, 2.05) is 6.92 Å². The summed E-state index contributed by atoms with van der Waals surface area (Å²) in [5, 5.41) is 12.6. The van der Waals surface area contributed by atoms with Gasteiger partial charge in [-0.1, -0.05) is 12.8 Å². The lowest BCUT2D eigenvalue weighted by Crippen LogP contribution is -2.40. The van der Waals surface area contributed by atoms with Crippen LogP contribution in [0, 0.1) is 0 Å². The van der Waals surface area contributed by atoms with Crippen molar-refractivity contribution in [2.24, 2.45) is 7.05 Å². The fourth-order valence-corrected chi connectivity index (χ4v) is 2.09. The number of carbonyl (C=O) groups excluding carboxylic acids is 1. The standard InChI is InChI=1S/C12H18N4O3S/c1-3-16(20)12-14-8(9(17)11(19)15(12)2)10(18)13-7-5-4-6-7/h7,17,20H,3-6H2,1-2H3,(H,13,18). The van der Waals surface area contributed by atoms with Crippen LogP contribution in [-0.2, 0) is 7.05 Å². The third-order valence-electron chi connectivity index (χ3n) is 3.43. The monoisotopic (exact) mass is 298 g/mol. The van der Waals surface area contributed by atoms with Gasteiger partial charge < -0.3 is 10.4 Å². The summed E-state index contributed by atoms with van der Waals surface area (Å²) in [6, 6.07) is 0.106. The summed E-state index contributed by atoms with van der Waals surface area (Å²) in [6.07, 6.45) is 2.90. The van der Waals surface area contributed by atoms with Crippen molar-refractivity contribution in [1.82, 2.24) is 14.9 Å². The minimum atomic E-state index is -0.666. The lowest BCUT2D eigenvalue weighted by molar-refractivity contribution is 0.0908. The quantitative estimate of drug-likeness (QED) is 0.702. The maximum Gasteiger partial charge on any atom is 0.297 e. The van der Waals surface area contributed by atoms with Crippen molar-refractivity contribution in [3.8, 4) is 5.75 Å². The molecule has 1 saturated carbocycles. The summed E-state index contributed by atoms with van der Waals surface area (Å²) in [6.45, 7) is 2.33. The maximum atomic E-state index is 12.1. The van der Waals surface area contributed by atoms with E-state index in [4.69, 9.17) is 0 Å². The summed E-state index contributed by atoms with van der Waals surface area (Å²) >= 11 is 4.18. The van der Waals surface area contributed by atoms with Crippen LogP contribution in [0.1, 0.15) is 36.7 Å². The largest absolute Gasteiger partial charge is 0.501 e. The SMILES string of the molecule is CCN(S)c1nc(C(=O)NC2CCC2)c(O)c(=O)n1C. The number of anilines is 1. The lowest BCUT2D eigenvalue weighted by atomic mass is 9.93. The molecule has 2 rings (SSSR count). The van der Waals surface area contributed by atoms with Crippen molar-refractivity contribution in [3.63, 3.8) is 0 Å². The summed E-state index contributed by atoms with van der Waals surface area (Å²) in [4.78, 5) is 28.1. The molecule has 1 fully saturated rings. The van der Waals surface area contributed by atoms with Crippen LogP contribution in [0.15, 0.2) is 4.79 Å². The Morgan fingerprint density at radius 2 is 2.25 bits per heavy atom. The van der Waals surface area contributed by atoms with Gasteiger partial charge in [0.05, 0.1) is 0 Å². The normalized spacial score (nSPS) is 14.8. The Morgan fingerprint density at radius 3 is 2.75 bits per heavy atom. The molecule has 110 valence electrons. The number of nitrogens with one attached hydrogen (secondary N) is 1. The van der Waals surface area contributed by atoms with Gasteiger partial charge in [-0.05, 0) is 26.2 Å². The maximum absolute atomic E-state index is 12.1. The fourth-order valence-electron chi connectivity index (χ4n) is 1.92. The third kappa shape index (κ3) is 2.60. The number of aromatic hydroxyl groups is 1. The third-order valence-corrected chi connectivity index (χ3v) is 3.89. The number of hydrogen-bond donors (Lipinski definition) is 3. The van der Waals surface area contributed by atoms with Crippen LogP contribution in [0.2, 0.25) is 0 Å². The summed E-state index contributed by atoms with van der Waals surface area (Å²) in [5.74, 6) is -0.938. The van der Waals surface area contributed by atoms with E-state index in [1.54, 1.807) is 0 Å². The van der Waals surface area contributed by atoms with Gasteiger partial charge in [0.15, 0.2) is 5.69 Å². The molecule has 0 aromatic carbocycles. The second-order valence-corrected chi connectivity index (χ2v) is 5.27. The highest BCUT2D eigenvalue weighted by Crippen LogP contribution is 2.20. The highest BCUT2D eigenvalue weighted by Gasteiger charge is 2.25. The van der Waals surface area contributed by atoms with E-state index in [0.717, 1.165) is 23.8 Å². The molecule has 1 amide bonds. The first-order valence-corrected chi connectivity index (χ1v) is 6.93. The van der Waals surface area contributed by atoms with E-state index in [-0.39, 0.29) is 17.7 Å². The molecule has 7 nitrogen and oxygen atoms in total. The van der Waals surface area contributed by atoms with Gasteiger partial charge in [0.25, 0.3) is 11.5 Å². The highest BCUT2D eigenvalue weighted by atomic mass is 32.1. The van der Waals surface area contributed by atoms with Crippen LogP contribution in [-0.4, -0.2) is 33.2 Å². The van der Waals surface area contributed by atoms with Crippen LogP contribution in [0.5, 0.6) is 5.75 Å². The first-order chi connectivity index (χ1) is 9.45. The van der Waals surface area contributed by atoms with Gasteiger partial charge in [-0.15, -0.1) is 0 Å². The number of hydrogen-bond acceptors (Lipinski definition) is 6. The van der Waals surface area contributed by atoms with E-state index >= 15 is 0 Å². The molecule has 1 aromatic heterocycles. The van der Waals surface area contributed by atoms with E-state index in [9.17, 15) is 14.7 Å². The van der Waals surface area contributed by atoms with Gasteiger partial charge in [0.2, 0.25) is 11.7 Å². The molecule has 1 aromatic rings. The van der Waals surface area contributed by atoms with Crippen molar-refractivity contribution in [2.75, 3.05) is 10.8 Å². The Morgan fingerprint density at radius 1 is 1.60 bits per heavy atom. The number of aromatic nitrogens is 2. The second-order valence-electron chi connectivity index (χ2n) is 4.79. The first-order valence-electron chi connectivity index (χ1n) is 6.53. The highest BCUT2D eigenvalue weighted by molar-refractivity contribution is 7.81. The number of rotatable bonds is 4. The molecule has 0 bridgehead atoms. The van der Waals surface area contributed by atoms with Crippen LogP contribution >= 0.6 is 12.8 Å². The zero-order valence-corrected chi connectivity index (χ0v) is 12.4. The zero-order chi connectivity index (χ0) is 14.9. The van der Waals surface area contributed by atoms with Crippen molar-refractivity contribution in [1.29, 1.82) is 0 Å². The lowest BCUT2D eigenvalue weighted by Gasteiger charge is -2.26. The Kier molecular flexibility index (Phi) is 4.22. The van der Waals surface area contributed by atoms with Crippen molar-refractivity contribution < 1.29 is 9.90 Å². The smallest absolute Gasteiger partial charge is 0.297 e. The molecule has 1 heterocycles. The number of carbonyl (C=O) groups is 1. The van der Waals surface area contributed by atoms with E-state index in [0.29, 0.717) is 6.54 Å². The predicted octanol–water partition coefficient (Wildman–Crippen LogP) is 0.439. The zero-order valence-electron chi connectivity index (χ0n) is 11.5. The second kappa shape index (κ2) is 5.74. The summed E-state index contributed by atoms with van der Waals surface area (Å²) in [7, 11) is 1.47. The van der Waals surface area contributed by atoms with Crippen LogP contribution < -0.4 is 15.2 Å². The predicted molar refractivity (Wildman–Crippen MR) is 78.3 cm³/mol. The molecule has 0 radical (unpaired) electrons. The minimum Gasteiger partial charge on any atom is -0.501 e. The molecule has 0 spiro atoms. The first kappa shape index (κ1) is 14.7. The van der Waals surface area contributed by atoms with Crippen molar-refractivity contribution in [2.45, 2.75) is 32.2 Å². The molecular weight excluding hydrogens is 280 g/mol. The Hall–Kier alpha value is -1.70. The molecule has 8 heteroatoms. The van der Waals surface area contributed by atoms with Gasteiger partial charge >= 0.3 is 0 Å². The molecular formula is C12H18N4O3S. The average molecular weight is 298 g/mol. The fraction of sp³-hybridized carbons (Fsp3) is 0.583. The Labute approximate surface area is 122 Å². The summed E-state index contributed by atoms with van der Waals surface area (Å²) in [5.41, 5.74) is -0.913. The molecule has 0 unspecified atom stereocenters. The molecule has 20 heavy (non-hydrogen) atoms. The molecule has 0 atom stereocenters. The van der Waals surface area contributed by atoms with Crippen molar-refractivity contribution >= 4 is 24.7 Å². The van der Waals surface area contributed by atoms with Crippen LogP contribution in [0.4, 0.5) is 5.95 Å². The van der Waals surface area contributed by atoms with E-state index in [2.05, 4.69) is 23.1 Å². The van der Waals surface area contributed by atoms with Gasteiger partial charge in [-0.2, -0.15) is 0 Å². The molecule has 0 saturated heterocycles. The Bertz CT molecular complexity index is 583. The van der Waals surface area contributed by atoms with Crippen LogP contribution in [0.25, 0.3) is 0 Å². The number of nitrogens with zero attached hydrogens (tertiary/aromatic N) is 3. The van der Waals surface area contributed by atoms with Gasteiger partial charge in [-0.25, -0.2) is 4.98 Å². The molecule has 1 aliphatic rings. The number of thiol groups is 1. The Balaban J connectivity index is 2.38. The van der Waals surface area contributed by atoms with Gasteiger partial charge in [0.1, 0.15) is 0 Å². The van der Waals surface area contributed by atoms with Gasteiger partial charge in [0, 0.05) is 19.6 Å². The van der Waals surface area contributed by atoms with Crippen LogP contribution in [0.3, 0.4) is 0 Å². The minimum absolute atomic E-state index is 0.106. The topological polar surface area (TPSA) is 87.5 Å². The van der Waals surface area contributed by atoms with Crippen molar-refractivity contribution in [3.05, 3.63) is 16.0 Å². The summed E-state index contributed by atoms with van der Waals surface area (Å²) < 4.78 is 2.59.